The van der Waals surface area contributed by atoms with Gasteiger partial charge in [0.15, 0.2) is 6.29 Å². The minimum Gasteiger partial charge on any atom is -0.397 e. The van der Waals surface area contributed by atoms with Crippen molar-refractivity contribution in [1.82, 2.24) is 9.80 Å². The number of nitrogens with zero attached hydrogens (tertiary/aromatic N) is 2. The number of carbonyl (C=O) groups is 2. The van der Waals surface area contributed by atoms with Gasteiger partial charge in [0.05, 0.1) is 30.2 Å². The number of unbranched alkanes of at least 4 members (excludes halogenated alkanes) is 2. The number of carbonyl (C=O) groups excluding carboxylic acids is 2. The van der Waals surface area contributed by atoms with E-state index in [-0.39, 0.29) is 30.6 Å². The Balaban J connectivity index is 1.03. The number of nitrogens with one attached hydrogen (secondary N) is 2. The number of rotatable bonds is 15. The van der Waals surface area contributed by atoms with Crippen LogP contribution in [0, 0.1) is 0 Å². The van der Waals surface area contributed by atoms with Gasteiger partial charge in [0.25, 0.3) is 0 Å². The summed E-state index contributed by atoms with van der Waals surface area (Å²) in [5, 5.41) is 15.5. The first-order valence-corrected chi connectivity index (χ1v) is 18.4. The molecule has 0 aromatic heterocycles. The maximum atomic E-state index is 12.9. The van der Waals surface area contributed by atoms with E-state index in [0.29, 0.717) is 48.8 Å². The number of benzene rings is 3. The van der Waals surface area contributed by atoms with Crippen LogP contribution in [-0.2, 0) is 25.7 Å². The second-order valence-electron chi connectivity index (χ2n) is 14.0. The number of hydrogen-bond donors (Lipinski definition) is 4. The van der Waals surface area contributed by atoms with Gasteiger partial charge < -0.3 is 35.8 Å². The molecule has 4 unspecified atom stereocenters. The normalized spacial score (nSPS) is 22.8. The summed E-state index contributed by atoms with van der Waals surface area (Å²) in [5.41, 5.74) is 10.6. The number of amides is 2. The number of ether oxygens (including phenoxy) is 2. The molecular weight excluding hydrogens is 630 g/mol. The molecule has 5 N–H and O–H groups in total. The van der Waals surface area contributed by atoms with E-state index in [1.165, 1.54) is 38.8 Å². The molecule has 0 bridgehead atoms. The first kappa shape index (κ1) is 36.0. The van der Waals surface area contributed by atoms with Gasteiger partial charge in [-0.3, -0.25) is 14.5 Å². The quantitative estimate of drug-likeness (QED) is 0.107. The van der Waals surface area contributed by atoms with Gasteiger partial charge in [0.1, 0.15) is 0 Å². The number of hydrogen-bond acceptors (Lipinski definition) is 8. The number of anilines is 3. The van der Waals surface area contributed by atoms with Gasteiger partial charge in [0, 0.05) is 49.6 Å². The van der Waals surface area contributed by atoms with Gasteiger partial charge in [-0.15, -0.1) is 0 Å². The lowest BCUT2D eigenvalue weighted by molar-refractivity contribution is -0.253. The van der Waals surface area contributed by atoms with E-state index in [1.807, 2.05) is 60.7 Å². The Morgan fingerprint density at radius 2 is 1.56 bits per heavy atom. The molecule has 3 aromatic rings. The van der Waals surface area contributed by atoms with Gasteiger partial charge >= 0.3 is 0 Å². The summed E-state index contributed by atoms with van der Waals surface area (Å²) in [6.45, 7) is 5.53. The second kappa shape index (κ2) is 17.9. The van der Waals surface area contributed by atoms with Crippen molar-refractivity contribution in [2.45, 2.75) is 95.4 Å². The summed E-state index contributed by atoms with van der Waals surface area (Å²) in [6.07, 6.45) is 7.97. The van der Waals surface area contributed by atoms with E-state index >= 15 is 0 Å². The van der Waals surface area contributed by atoms with Crippen LogP contribution in [0.2, 0.25) is 0 Å². The third-order valence-electron chi connectivity index (χ3n) is 10.2. The monoisotopic (exact) mass is 683 g/mol. The van der Waals surface area contributed by atoms with Crippen LogP contribution in [-0.4, -0.2) is 71.6 Å². The number of nitrogens with two attached hydrogens (primary N) is 1. The van der Waals surface area contributed by atoms with Crippen LogP contribution in [0.4, 0.5) is 17.1 Å². The van der Waals surface area contributed by atoms with Crippen LogP contribution in [0.1, 0.15) is 93.3 Å². The highest BCUT2D eigenvalue weighted by atomic mass is 16.7. The molecule has 0 radical (unpaired) electrons. The Morgan fingerprint density at radius 1 is 0.800 bits per heavy atom. The van der Waals surface area contributed by atoms with Crippen molar-refractivity contribution in [2.75, 3.05) is 49.1 Å². The third kappa shape index (κ3) is 10.1. The molecule has 3 aromatic carbocycles. The molecule has 3 fully saturated rings. The minimum atomic E-state index is -0.579. The van der Waals surface area contributed by atoms with Crippen molar-refractivity contribution >= 4 is 28.9 Å². The highest BCUT2D eigenvalue weighted by Crippen LogP contribution is 2.39. The number of aliphatic hydroxyl groups is 1. The average molecular weight is 684 g/mol. The van der Waals surface area contributed by atoms with Crippen LogP contribution >= 0.6 is 0 Å². The van der Waals surface area contributed by atoms with Crippen molar-refractivity contribution < 1.29 is 24.2 Å². The lowest BCUT2D eigenvalue weighted by Crippen LogP contribution is -2.45. The zero-order valence-corrected chi connectivity index (χ0v) is 29.1. The number of para-hydroxylation sites is 2. The fraction of sp³-hybridized carbons (Fsp3) is 0.500. The standard InChI is InChI=1S/C40H53N5O5/c41-35-13-4-5-14-36(35)43-39(48)16-3-1-2-15-38(47)42-32-11-8-10-31(24-32)40-49-34(25-37(50-40)30-19-17-29(28-46)18-20-30)27-45-23-9-12-33(45)26-44-21-6-7-22-44/h4-5,8,10-11,13-14,17-20,24,33-34,37,40,46H,1-3,6-7,9,12,15-16,21-23,25-28,41H2,(H,42,47)(H,43,48). The van der Waals surface area contributed by atoms with E-state index in [2.05, 4.69) is 20.4 Å². The van der Waals surface area contributed by atoms with Gasteiger partial charge in [-0.25, -0.2) is 0 Å². The molecular formula is C40H53N5O5. The van der Waals surface area contributed by atoms with Gasteiger partial charge in [0.2, 0.25) is 11.8 Å². The van der Waals surface area contributed by atoms with E-state index in [0.717, 1.165) is 49.2 Å². The van der Waals surface area contributed by atoms with Crippen LogP contribution in [0.5, 0.6) is 0 Å². The molecule has 10 heteroatoms. The SMILES string of the molecule is Nc1ccccc1NC(=O)CCCCCC(=O)Nc1cccc(C2OC(CN3CCCC3CN3CCCC3)CC(c3ccc(CO)cc3)O2)c1. The highest BCUT2D eigenvalue weighted by Gasteiger charge is 2.36. The van der Waals surface area contributed by atoms with E-state index in [1.54, 1.807) is 12.1 Å². The molecule has 2 amide bonds. The summed E-state index contributed by atoms with van der Waals surface area (Å²) in [7, 11) is 0. The Hall–Kier alpha value is -3.80. The van der Waals surface area contributed by atoms with Gasteiger partial charge in [-0.05, 0) is 93.6 Å². The Bertz CT molecular complexity index is 1550. The molecule has 6 rings (SSSR count). The predicted octanol–water partition coefficient (Wildman–Crippen LogP) is 6.39. The summed E-state index contributed by atoms with van der Waals surface area (Å²) in [4.78, 5) is 30.4. The lowest BCUT2D eigenvalue weighted by atomic mass is 9.99. The molecule has 0 spiro atoms. The Kier molecular flexibility index (Phi) is 12.9. The average Bonchev–Trinajstić information content (AvgIpc) is 3.81. The van der Waals surface area contributed by atoms with Crippen LogP contribution in [0.3, 0.4) is 0 Å². The number of nitrogen functional groups attached to an aromatic ring is 1. The Morgan fingerprint density at radius 3 is 2.32 bits per heavy atom. The molecule has 3 heterocycles. The summed E-state index contributed by atoms with van der Waals surface area (Å²) in [6, 6.07) is 23.5. The predicted molar refractivity (Wildman–Crippen MR) is 196 cm³/mol. The summed E-state index contributed by atoms with van der Waals surface area (Å²) in [5.74, 6) is -0.141. The molecule has 50 heavy (non-hydrogen) atoms. The zero-order valence-electron chi connectivity index (χ0n) is 29.1. The lowest BCUT2D eigenvalue weighted by Gasteiger charge is -2.39. The fourth-order valence-corrected chi connectivity index (χ4v) is 7.46. The number of likely N-dealkylation sites (tertiary alicyclic amines) is 2. The minimum absolute atomic E-state index is 0.00782. The van der Waals surface area contributed by atoms with Crippen LogP contribution in [0.15, 0.2) is 72.8 Å². The molecule has 3 aliphatic heterocycles. The largest absolute Gasteiger partial charge is 0.397 e. The van der Waals surface area contributed by atoms with Gasteiger partial charge in [-0.1, -0.05) is 55.0 Å². The molecule has 3 saturated heterocycles. The molecule has 0 saturated carbocycles. The highest BCUT2D eigenvalue weighted by molar-refractivity contribution is 5.93. The van der Waals surface area contributed by atoms with E-state index in [4.69, 9.17) is 15.2 Å². The molecule has 268 valence electrons. The van der Waals surface area contributed by atoms with Crippen LogP contribution in [0.25, 0.3) is 0 Å². The fourth-order valence-electron chi connectivity index (χ4n) is 7.46. The van der Waals surface area contributed by atoms with Crippen molar-refractivity contribution in [1.29, 1.82) is 0 Å². The smallest absolute Gasteiger partial charge is 0.224 e. The second-order valence-corrected chi connectivity index (χ2v) is 14.0. The van der Waals surface area contributed by atoms with Crippen molar-refractivity contribution in [3.05, 3.63) is 89.5 Å². The first-order chi connectivity index (χ1) is 24.4. The number of aliphatic hydroxyl groups excluding tert-OH is 1. The zero-order chi connectivity index (χ0) is 34.7. The van der Waals surface area contributed by atoms with Crippen molar-refractivity contribution in [3.8, 4) is 0 Å². The van der Waals surface area contributed by atoms with Crippen LogP contribution < -0.4 is 16.4 Å². The Labute approximate surface area is 296 Å². The van der Waals surface area contributed by atoms with E-state index < -0.39 is 6.29 Å². The van der Waals surface area contributed by atoms with Crippen molar-refractivity contribution in [3.63, 3.8) is 0 Å². The summed E-state index contributed by atoms with van der Waals surface area (Å²) < 4.78 is 13.3. The molecule has 4 atom stereocenters. The summed E-state index contributed by atoms with van der Waals surface area (Å²) >= 11 is 0. The molecule has 10 nitrogen and oxygen atoms in total. The molecule has 3 aliphatic rings. The maximum Gasteiger partial charge on any atom is 0.224 e. The third-order valence-corrected chi connectivity index (χ3v) is 10.2. The van der Waals surface area contributed by atoms with Gasteiger partial charge in [-0.2, -0.15) is 0 Å². The topological polar surface area (TPSA) is 129 Å². The maximum absolute atomic E-state index is 12.9. The first-order valence-electron chi connectivity index (χ1n) is 18.4. The van der Waals surface area contributed by atoms with E-state index in [9.17, 15) is 14.7 Å². The van der Waals surface area contributed by atoms with Crippen molar-refractivity contribution in [2.24, 2.45) is 0 Å². The molecule has 0 aliphatic carbocycles.